The monoisotopic (exact) mass is 799 g/mol. The van der Waals surface area contributed by atoms with Gasteiger partial charge in [0.25, 0.3) is 0 Å². The average molecular weight is 800 g/mol. The van der Waals surface area contributed by atoms with Crippen LogP contribution in [0.3, 0.4) is 0 Å². The van der Waals surface area contributed by atoms with Gasteiger partial charge in [0.05, 0.1) is 5.69 Å². The molecule has 2 fully saturated rings. The second-order valence-corrected chi connectivity index (χ2v) is 12.0. The van der Waals surface area contributed by atoms with Crippen LogP contribution >= 0.6 is 0 Å². The first-order valence-corrected chi connectivity index (χ1v) is 16.0. The molecule has 2 aliphatic rings. The zero-order chi connectivity index (χ0) is 30.2. The minimum Gasteiger partial charge on any atom is -1.00 e. The number of hydrogen-bond acceptors (Lipinski definition) is 4. The molecule has 0 amide bonds. The van der Waals surface area contributed by atoms with Gasteiger partial charge in [-0.3, -0.25) is 4.99 Å². The first-order valence-electron chi connectivity index (χ1n) is 16.0. The van der Waals surface area contributed by atoms with Gasteiger partial charge in [0.2, 0.25) is 0 Å². The predicted octanol–water partition coefficient (Wildman–Crippen LogP) is 4.26. The van der Waals surface area contributed by atoms with Crippen molar-refractivity contribution in [2.45, 2.75) is 98.5 Å². The summed E-state index contributed by atoms with van der Waals surface area (Å²) in [7, 11) is 0. The van der Waals surface area contributed by atoms with Crippen LogP contribution in [0.4, 0.5) is 5.69 Å². The maximum atomic E-state index is 6.39. The second kappa shape index (κ2) is 25.0. The summed E-state index contributed by atoms with van der Waals surface area (Å²) in [6, 6.07) is 21.2. The standard InChI is InChI=1S/C28H33NO.2C5H10O.2ClH.Gd/c1-19(2)25-14-9-15-26(20(3)4)28(25)30-18-24-13-8-12-23(16-24)17-29-27-21(5)10-7-11-22(27)6;2*1-2-4-6-5-3-1;;;/h7-17,19-20H,18H2,1-6H3;2*1-5H2;2*1H;/q;;;;;+2/p-2. The Morgan fingerprint density at radius 1 is 0.689 bits per heavy atom. The Balaban J connectivity index is 0.00000107. The first kappa shape index (κ1) is 44.0. The first-order chi connectivity index (χ1) is 20.4. The van der Waals surface area contributed by atoms with E-state index >= 15 is 0 Å². The molecular formula is C38H53Cl2GdNO3. The van der Waals surface area contributed by atoms with Gasteiger partial charge in [-0.2, -0.15) is 0 Å². The summed E-state index contributed by atoms with van der Waals surface area (Å²) in [5.41, 5.74) is 8.21. The quantitative estimate of drug-likeness (QED) is 0.336. The maximum absolute atomic E-state index is 6.39. The minimum absolute atomic E-state index is 0. The van der Waals surface area contributed by atoms with Crippen molar-refractivity contribution in [3.05, 3.63) is 94.0 Å². The molecular weight excluding hydrogens is 747 g/mol. The van der Waals surface area contributed by atoms with Gasteiger partial charge in [-0.25, -0.2) is 0 Å². The molecule has 0 N–H and O–H groups in total. The van der Waals surface area contributed by atoms with Crippen LogP contribution in [-0.4, -0.2) is 32.6 Å². The third-order valence-corrected chi connectivity index (χ3v) is 7.59. The zero-order valence-corrected chi connectivity index (χ0v) is 31.8. The number of aliphatic imine (C=N–C) groups is 1. The van der Waals surface area contributed by atoms with Gasteiger partial charge < -0.3 is 39.0 Å². The minimum atomic E-state index is 0. The SMILES string of the molecule is C1CCOCC1.C1CCOCC1.Cc1cccc(C)c1N=Cc1cccc(COc2c(C(C)C)cccc2C(C)C)c1.[Cl-].[Cl-].[Gd+2]. The molecule has 0 atom stereocenters. The van der Waals surface area contributed by atoms with Crippen LogP contribution in [-0.2, 0) is 16.1 Å². The molecule has 45 heavy (non-hydrogen) atoms. The van der Waals surface area contributed by atoms with Crippen molar-refractivity contribution in [2.24, 2.45) is 4.99 Å². The van der Waals surface area contributed by atoms with Crippen molar-refractivity contribution in [1.29, 1.82) is 0 Å². The summed E-state index contributed by atoms with van der Waals surface area (Å²) in [5.74, 6) is 1.89. The number of halogens is 2. The number of rotatable bonds is 7. The molecule has 0 spiro atoms. The van der Waals surface area contributed by atoms with Gasteiger partial charge in [-0.05, 0) is 104 Å². The van der Waals surface area contributed by atoms with Crippen LogP contribution in [0.15, 0.2) is 65.7 Å². The summed E-state index contributed by atoms with van der Waals surface area (Å²) in [6.45, 7) is 17.6. The molecule has 0 aliphatic carbocycles. The van der Waals surface area contributed by atoms with E-state index in [1.165, 1.54) is 60.8 Å². The van der Waals surface area contributed by atoms with Crippen LogP contribution in [0.1, 0.15) is 111 Å². The van der Waals surface area contributed by atoms with Crippen LogP contribution < -0.4 is 29.6 Å². The molecule has 0 unspecified atom stereocenters. The fourth-order valence-corrected chi connectivity index (χ4v) is 5.09. The maximum Gasteiger partial charge on any atom is 2.00 e. The molecule has 0 radical (unpaired) electrons. The molecule has 3 aromatic rings. The predicted molar refractivity (Wildman–Crippen MR) is 178 cm³/mol. The second-order valence-electron chi connectivity index (χ2n) is 12.0. The Morgan fingerprint density at radius 2 is 1.16 bits per heavy atom. The van der Waals surface area contributed by atoms with Crippen molar-refractivity contribution < 1.29 is 79.0 Å². The van der Waals surface area contributed by atoms with Crippen LogP contribution in [0.5, 0.6) is 5.75 Å². The summed E-state index contributed by atoms with van der Waals surface area (Å²) in [6.07, 6.45) is 9.81. The van der Waals surface area contributed by atoms with E-state index in [0.717, 1.165) is 49.0 Å². The molecule has 0 bridgehead atoms. The Bertz CT molecular complexity index is 1160. The summed E-state index contributed by atoms with van der Waals surface area (Å²) < 4.78 is 16.5. The van der Waals surface area contributed by atoms with E-state index in [-0.39, 0.29) is 64.8 Å². The van der Waals surface area contributed by atoms with Crippen molar-refractivity contribution in [3.63, 3.8) is 0 Å². The van der Waals surface area contributed by atoms with E-state index < -0.39 is 0 Å². The van der Waals surface area contributed by atoms with Crippen LogP contribution in [0.2, 0.25) is 0 Å². The summed E-state index contributed by atoms with van der Waals surface area (Å²) in [5, 5.41) is 0. The fraction of sp³-hybridized carbons (Fsp3) is 0.500. The number of ether oxygens (including phenoxy) is 3. The topological polar surface area (TPSA) is 40.0 Å². The average Bonchev–Trinajstić information content (AvgIpc) is 3.02. The van der Waals surface area contributed by atoms with Gasteiger partial charge in [0.15, 0.2) is 0 Å². The third-order valence-electron chi connectivity index (χ3n) is 7.59. The zero-order valence-electron chi connectivity index (χ0n) is 28.1. The van der Waals surface area contributed by atoms with Crippen LogP contribution in [0, 0.1) is 53.8 Å². The number of hydrogen-bond donors (Lipinski definition) is 0. The van der Waals surface area contributed by atoms with Gasteiger partial charge >= 0.3 is 39.9 Å². The van der Waals surface area contributed by atoms with Crippen LogP contribution in [0.25, 0.3) is 0 Å². The number of nitrogens with zero attached hydrogens (tertiary/aromatic N) is 1. The molecule has 250 valence electrons. The number of aryl methyl sites for hydroxylation is 2. The molecule has 3 aromatic carbocycles. The van der Waals surface area contributed by atoms with Crippen molar-refractivity contribution in [1.82, 2.24) is 0 Å². The van der Waals surface area contributed by atoms with Gasteiger partial charge in [0.1, 0.15) is 12.4 Å². The van der Waals surface area contributed by atoms with E-state index in [1.807, 2.05) is 6.21 Å². The van der Waals surface area contributed by atoms with E-state index in [0.29, 0.717) is 18.4 Å². The largest absolute Gasteiger partial charge is 2.00 e. The summed E-state index contributed by atoms with van der Waals surface area (Å²) in [4.78, 5) is 4.74. The third kappa shape index (κ3) is 16.1. The van der Waals surface area contributed by atoms with Gasteiger partial charge in [0, 0.05) is 32.6 Å². The summed E-state index contributed by atoms with van der Waals surface area (Å²) >= 11 is 0. The molecule has 0 saturated carbocycles. The van der Waals surface area contributed by atoms with Crippen molar-refractivity contribution >= 4 is 11.9 Å². The van der Waals surface area contributed by atoms with E-state index in [1.54, 1.807) is 0 Å². The Morgan fingerprint density at radius 3 is 1.58 bits per heavy atom. The van der Waals surface area contributed by atoms with E-state index in [2.05, 4.69) is 102 Å². The fourth-order valence-electron chi connectivity index (χ4n) is 5.09. The molecule has 2 aliphatic heterocycles. The number of benzene rings is 3. The number of para-hydroxylation sites is 2. The van der Waals surface area contributed by atoms with Crippen molar-refractivity contribution in [3.8, 4) is 5.75 Å². The smallest absolute Gasteiger partial charge is 1.00 e. The van der Waals surface area contributed by atoms with E-state index in [4.69, 9.17) is 19.2 Å². The molecule has 5 rings (SSSR count). The van der Waals surface area contributed by atoms with Gasteiger partial charge in [-0.1, -0.05) is 82.3 Å². The molecule has 2 heterocycles. The molecule has 7 heteroatoms. The molecule has 2 saturated heterocycles. The Kier molecular flexibility index (Phi) is 24.5. The van der Waals surface area contributed by atoms with E-state index in [9.17, 15) is 0 Å². The van der Waals surface area contributed by atoms with Crippen molar-refractivity contribution in [2.75, 3.05) is 26.4 Å². The van der Waals surface area contributed by atoms with Gasteiger partial charge in [-0.15, -0.1) is 0 Å². The normalized spacial score (nSPS) is 14.1. The Labute approximate surface area is 318 Å². The molecule has 4 nitrogen and oxygen atoms in total. The Hall–Kier alpha value is -1.05. The molecule has 0 aromatic heterocycles.